The van der Waals surface area contributed by atoms with Gasteiger partial charge < -0.3 is 20.3 Å². The molecule has 1 aliphatic rings. The highest BCUT2D eigenvalue weighted by Crippen LogP contribution is 2.36. The molecule has 1 aliphatic carbocycles. The van der Waals surface area contributed by atoms with E-state index < -0.39 is 0 Å². The monoisotopic (exact) mass is 468 g/mol. The highest BCUT2D eigenvalue weighted by atomic mass is 32.1. The molecule has 0 unspecified atom stereocenters. The first kappa shape index (κ1) is 23.4. The molecule has 8 nitrogen and oxygen atoms in total. The lowest BCUT2D eigenvalue weighted by molar-refractivity contribution is 0.0956. The number of hydrogen-bond acceptors (Lipinski definition) is 8. The number of amides is 1. The van der Waals surface area contributed by atoms with Crippen molar-refractivity contribution in [2.45, 2.75) is 51.6 Å². The molecule has 3 heterocycles. The zero-order chi connectivity index (χ0) is 23.2. The third kappa shape index (κ3) is 5.78. The molecule has 176 valence electrons. The van der Waals surface area contributed by atoms with E-state index in [9.17, 15) is 4.79 Å². The summed E-state index contributed by atoms with van der Waals surface area (Å²) in [6.07, 6.45) is 10.2. The highest BCUT2D eigenvalue weighted by Gasteiger charge is 2.21. The lowest BCUT2D eigenvalue weighted by Gasteiger charge is -2.23. The molecule has 0 spiro atoms. The summed E-state index contributed by atoms with van der Waals surface area (Å²) in [5.74, 6) is 1.17. The fraction of sp³-hybridized carbons (Fsp3) is 0.500. The minimum atomic E-state index is -0.0668. The smallest absolute Gasteiger partial charge is 0.261 e. The maximum absolute atomic E-state index is 12.8. The van der Waals surface area contributed by atoms with E-state index in [1.165, 1.54) is 36.9 Å². The zero-order valence-corrected chi connectivity index (χ0v) is 20.4. The number of aryl methyl sites for hydroxylation is 1. The number of carbonyl (C=O) groups excluding carboxylic acids is 1. The molecular formula is C24H32N6O2S. The number of ether oxygens (including phenoxy) is 1. The van der Waals surface area contributed by atoms with Crippen molar-refractivity contribution in [1.29, 1.82) is 0 Å². The average Bonchev–Trinajstić information content (AvgIpc) is 3.16. The Morgan fingerprint density at radius 2 is 2.03 bits per heavy atom. The van der Waals surface area contributed by atoms with Gasteiger partial charge in [0.05, 0.1) is 10.3 Å². The average molecular weight is 469 g/mol. The van der Waals surface area contributed by atoms with E-state index in [0.717, 1.165) is 47.3 Å². The maximum atomic E-state index is 12.8. The summed E-state index contributed by atoms with van der Waals surface area (Å²) in [5, 5.41) is 7.27. The Balaban J connectivity index is 1.54. The molecule has 2 N–H and O–H groups in total. The molecule has 4 rings (SSSR count). The molecule has 1 saturated carbocycles. The standard InChI is InChI=1S/C24H32N6O2S/c1-16-19-21(29-18-11-7-12-26-23(18)32-17-9-5-4-6-10-17)27-15-28-24(19)33-20(16)22(31)25-13-8-14-30(2)3/h7,11-12,15,17H,4-6,8-10,13-14H2,1-3H3,(H,25,31)(H,27,28,29). The third-order valence-electron chi connectivity index (χ3n) is 5.86. The summed E-state index contributed by atoms with van der Waals surface area (Å²) in [5.41, 5.74) is 1.64. The van der Waals surface area contributed by atoms with Gasteiger partial charge in [-0.05, 0) is 77.4 Å². The van der Waals surface area contributed by atoms with Crippen LogP contribution < -0.4 is 15.4 Å². The van der Waals surface area contributed by atoms with Gasteiger partial charge in [0.1, 0.15) is 28.8 Å². The van der Waals surface area contributed by atoms with Crippen LogP contribution in [0.1, 0.15) is 53.8 Å². The second-order valence-corrected chi connectivity index (χ2v) is 9.73. The predicted octanol–water partition coefficient (Wildman–Crippen LogP) is 4.53. The van der Waals surface area contributed by atoms with E-state index in [1.54, 1.807) is 6.20 Å². The van der Waals surface area contributed by atoms with E-state index in [-0.39, 0.29) is 12.0 Å². The van der Waals surface area contributed by atoms with Gasteiger partial charge in [0.15, 0.2) is 0 Å². The van der Waals surface area contributed by atoms with Gasteiger partial charge in [0.2, 0.25) is 5.88 Å². The Morgan fingerprint density at radius 1 is 1.21 bits per heavy atom. The molecule has 0 radical (unpaired) electrons. The Bertz CT molecular complexity index is 1090. The van der Waals surface area contributed by atoms with E-state index >= 15 is 0 Å². The summed E-state index contributed by atoms with van der Waals surface area (Å²) in [6, 6.07) is 3.82. The van der Waals surface area contributed by atoms with Crippen LogP contribution in [0.4, 0.5) is 11.5 Å². The van der Waals surface area contributed by atoms with Gasteiger partial charge in [-0.15, -0.1) is 11.3 Å². The molecule has 0 atom stereocenters. The van der Waals surface area contributed by atoms with Crippen LogP contribution in [0.3, 0.4) is 0 Å². The van der Waals surface area contributed by atoms with Crippen molar-refractivity contribution in [2.24, 2.45) is 0 Å². The molecule has 0 aromatic carbocycles. The summed E-state index contributed by atoms with van der Waals surface area (Å²) in [7, 11) is 4.05. The lowest BCUT2D eigenvalue weighted by Crippen LogP contribution is -2.26. The molecular weight excluding hydrogens is 436 g/mol. The molecule has 0 aliphatic heterocycles. The van der Waals surface area contributed by atoms with E-state index in [4.69, 9.17) is 4.74 Å². The molecule has 0 bridgehead atoms. The van der Waals surface area contributed by atoms with Crippen LogP contribution >= 0.6 is 11.3 Å². The quantitative estimate of drug-likeness (QED) is 0.446. The Kier molecular flexibility index (Phi) is 7.72. The maximum Gasteiger partial charge on any atom is 0.261 e. The van der Waals surface area contributed by atoms with E-state index in [2.05, 4.69) is 30.5 Å². The number of pyridine rings is 1. The third-order valence-corrected chi connectivity index (χ3v) is 7.05. The summed E-state index contributed by atoms with van der Waals surface area (Å²) in [4.78, 5) is 29.7. The van der Waals surface area contributed by atoms with Gasteiger partial charge in [-0.1, -0.05) is 6.42 Å². The van der Waals surface area contributed by atoms with Crippen molar-refractivity contribution in [3.05, 3.63) is 35.1 Å². The van der Waals surface area contributed by atoms with Crippen molar-refractivity contribution in [3.63, 3.8) is 0 Å². The van der Waals surface area contributed by atoms with Crippen LogP contribution in [0.25, 0.3) is 10.2 Å². The first-order chi connectivity index (χ1) is 16.0. The number of hydrogen-bond donors (Lipinski definition) is 2. The number of aromatic nitrogens is 3. The SMILES string of the molecule is Cc1c(C(=O)NCCCN(C)C)sc2ncnc(Nc3cccnc3OC3CCCCC3)c12. The lowest BCUT2D eigenvalue weighted by atomic mass is 9.98. The second kappa shape index (κ2) is 10.9. The normalized spacial score (nSPS) is 14.5. The Morgan fingerprint density at radius 3 is 2.82 bits per heavy atom. The van der Waals surface area contributed by atoms with Gasteiger partial charge in [0.25, 0.3) is 5.91 Å². The summed E-state index contributed by atoms with van der Waals surface area (Å²) < 4.78 is 6.23. The number of fused-ring (bicyclic) bond motifs is 1. The van der Waals surface area contributed by atoms with Crippen molar-refractivity contribution in [3.8, 4) is 5.88 Å². The second-order valence-electron chi connectivity index (χ2n) is 8.73. The number of rotatable bonds is 9. The van der Waals surface area contributed by atoms with Crippen LogP contribution in [0, 0.1) is 6.92 Å². The van der Waals surface area contributed by atoms with Gasteiger partial charge in [-0.2, -0.15) is 0 Å². The molecule has 33 heavy (non-hydrogen) atoms. The number of anilines is 2. The van der Waals surface area contributed by atoms with Crippen LogP contribution in [0.15, 0.2) is 24.7 Å². The van der Waals surface area contributed by atoms with Gasteiger partial charge in [-0.25, -0.2) is 15.0 Å². The van der Waals surface area contributed by atoms with Gasteiger partial charge >= 0.3 is 0 Å². The van der Waals surface area contributed by atoms with Crippen molar-refractivity contribution >= 4 is 39.0 Å². The van der Waals surface area contributed by atoms with Crippen molar-refractivity contribution in [2.75, 3.05) is 32.5 Å². The fourth-order valence-corrected chi connectivity index (χ4v) is 5.17. The minimum absolute atomic E-state index is 0.0668. The fourth-order valence-electron chi connectivity index (χ4n) is 4.11. The molecule has 1 fully saturated rings. The molecule has 3 aromatic rings. The van der Waals surface area contributed by atoms with Gasteiger partial charge in [0, 0.05) is 12.7 Å². The molecule has 0 saturated heterocycles. The van der Waals surface area contributed by atoms with Gasteiger partial charge in [-0.3, -0.25) is 4.79 Å². The first-order valence-electron chi connectivity index (χ1n) is 11.6. The Hall–Kier alpha value is -2.78. The van der Waals surface area contributed by atoms with Crippen LogP contribution in [0.5, 0.6) is 5.88 Å². The van der Waals surface area contributed by atoms with Crippen molar-refractivity contribution in [1.82, 2.24) is 25.2 Å². The summed E-state index contributed by atoms with van der Waals surface area (Å²) >= 11 is 1.39. The number of thiophene rings is 1. The minimum Gasteiger partial charge on any atom is -0.473 e. The Labute approximate surface area is 198 Å². The number of carbonyl (C=O) groups is 1. The highest BCUT2D eigenvalue weighted by molar-refractivity contribution is 7.20. The van der Waals surface area contributed by atoms with E-state index in [1.807, 2.05) is 33.2 Å². The van der Waals surface area contributed by atoms with E-state index in [0.29, 0.717) is 23.1 Å². The summed E-state index contributed by atoms with van der Waals surface area (Å²) in [6.45, 7) is 3.52. The number of nitrogens with zero attached hydrogens (tertiary/aromatic N) is 4. The van der Waals surface area contributed by atoms with Crippen molar-refractivity contribution < 1.29 is 9.53 Å². The topological polar surface area (TPSA) is 92.3 Å². The van der Waals surface area contributed by atoms with Crippen LogP contribution in [0.2, 0.25) is 0 Å². The predicted molar refractivity (Wildman–Crippen MR) is 133 cm³/mol. The van der Waals surface area contributed by atoms with Crippen LogP contribution in [-0.4, -0.2) is 59.0 Å². The molecule has 1 amide bonds. The largest absolute Gasteiger partial charge is 0.473 e. The number of nitrogens with one attached hydrogen (secondary N) is 2. The zero-order valence-electron chi connectivity index (χ0n) is 19.6. The molecule has 9 heteroatoms. The van der Waals surface area contributed by atoms with Crippen LogP contribution in [-0.2, 0) is 0 Å². The molecule has 3 aromatic heterocycles. The first-order valence-corrected chi connectivity index (χ1v) is 12.4.